The molecule has 2 heteroatoms. The molecule has 1 aliphatic rings. The lowest BCUT2D eigenvalue weighted by molar-refractivity contribution is 0.733. The van der Waals surface area contributed by atoms with Crippen LogP contribution >= 0.6 is 11.6 Å². The average molecular weight is 258 g/mol. The first-order chi connectivity index (χ1) is 8.78. The molecule has 1 saturated carbocycles. The van der Waals surface area contributed by atoms with Crippen molar-refractivity contribution in [1.82, 2.24) is 0 Å². The van der Waals surface area contributed by atoms with Gasteiger partial charge in [-0.05, 0) is 42.7 Å². The Kier molecular flexibility index (Phi) is 3.00. The summed E-state index contributed by atoms with van der Waals surface area (Å²) in [4.78, 5) is 0. The van der Waals surface area contributed by atoms with Crippen molar-refractivity contribution in [3.05, 3.63) is 65.2 Å². The van der Waals surface area contributed by atoms with Crippen molar-refractivity contribution in [2.45, 2.75) is 18.3 Å². The maximum atomic E-state index is 5.88. The van der Waals surface area contributed by atoms with Crippen molar-refractivity contribution in [3.63, 3.8) is 0 Å². The number of halogens is 1. The van der Waals surface area contributed by atoms with E-state index in [1.807, 2.05) is 24.3 Å². The van der Waals surface area contributed by atoms with E-state index in [0.717, 1.165) is 17.3 Å². The number of hydrogen-bond acceptors (Lipinski definition) is 1. The normalized spacial score (nSPS) is 16.3. The van der Waals surface area contributed by atoms with Crippen LogP contribution in [0.15, 0.2) is 54.6 Å². The Balaban J connectivity index is 1.68. The number of nitrogens with one attached hydrogen (secondary N) is 1. The molecule has 0 aliphatic heterocycles. The van der Waals surface area contributed by atoms with Crippen LogP contribution in [-0.2, 0) is 5.41 Å². The minimum absolute atomic E-state index is 0.348. The van der Waals surface area contributed by atoms with Crippen molar-refractivity contribution in [1.29, 1.82) is 0 Å². The molecular formula is C16H16ClN. The van der Waals surface area contributed by atoms with Crippen LogP contribution in [0.25, 0.3) is 0 Å². The number of hydrogen-bond donors (Lipinski definition) is 1. The Hall–Kier alpha value is -1.47. The Morgan fingerprint density at radius 2 is 1.61 bits per heavy atom. The molecule has 1 N–H and O–H groups in total. The molecule has 0 radical (unpaired) electrons. The predicted octanol–water partition coefficient (Wildman–Crippen LogP) is 4.48. The summed E-state index contributed by atoms with van der Waals surface area (Å²) in [6.07, 6.45) is 2.55. The fourth-order valence-electron chi connectivity index (χ4n) is 2.35. The van der Waals surface area contributed by atoms with Gasteiger partial charge in [-0.2, -0.15) is 0 Å². The molecule has 0 bridgehead atoms. The molecule has 0 saturated heterocycles. The minimum Gasteiger partial charge on any atom is -0.384 e. The van der Waals surface area contributed by atoms with Crippen LogP contribution in [0, 0.1) is 0 Å². The third kappa shape index (κ3) is 2.37. The molecule has 0 unspecified atom stereocenters. The molecule has 0 heterocycles. The smallest absolute Gasteiger partial charge is 0.0407 e. The monoisotopic (exact) mass is 257 g/mol. The van der Waals surface area contributed by atoms with Crippen molar-refractivity contribution in [2.24, 2.45) is 0 Å². The van der Waals surface area contributed by atoms with Crippen molar-refractivity contribution in [2.75, 3.05) is 11.9 Å². The fourth-order valence-corrected chi connectivity index (χ4v) is 2.48. The second-order valence-electron chi connectivity index (χ2n) is 5.01. The first-order valence-corrected chi connectivity index (χ1v) is 6.71. The van der Waals surface area contributed by atoms with Gasteiger partial charge in [0.25, 0.3) is 0 Å². The predicted molar refractivity (Wildman–Crippen MR) is 77.3 cm³/mol. The van der Waals surface area contributed by atoms with E-state index in [1.54, 1.807) is 0 Å². The summed E-state index contributed by atoms with van der Waals surface area (Å²) >= 11 is 5.88. The van der Waals surface area contributed by atoms with Crippen LogP contribution in [0.1, 0.15) is 18.4 Å². The Labute approximate surface area is 113 Å². The highest BCUT2D eigenvalue weighted by atomic mass is 35.5. The van der Waals surface area contributed by atoms with Gasteiger partial charge in [-0.1, -0.05) is 41.9 Å². The van der Waals surface area contributed by atoms with E-state index in [4.69, 9.17) is 11.6 Å². The Bertz CT molecular complexity index is 515. The van der Waals surface area contributed by atoms with Gasteiger partial charge in [0.2, 0.25) is 0 Å². The highest BCUT2D eigenvalue weighted by Gasteiger charge is 2.43. The van der Waals surface area contributed by atoms with Crippen LogP contribution in [0.2, 0.25) is 5.02 Å². The van der Waals surface area contributed by atoms with Gasteiger partial charge in [0.05, 0.1) is 0 Å². The maximum Gasteiger partial charge on any atom is 0.0407 e. The second-order valence-corrected chi connectivity index (χ2v) is 5.44. The lowest BCUT2D eigenvalue weighted by atomic mass is 9.96. The largest absolute Gasteiger partial charge is 0.384 e. The standard InChI is InChI=1S/C16H16ClN/c17-14-6-8-15(9-7-14)18-12-16(10-11-16)13-4-2-1-3-5-13/h1-9,18H,10-12H2. The zero-order valence-corrected chi connectivity index (χ0v) is 11.0. The quantitative estimate of drug-likeness (QED) is 0.851. The summed E-state index contributed by atoms with van der Waals surface area (Å²) in [5, 5.41) is 4.30. The van der Waals surface area contributed by atoms with Crippen LogP contribution in [0.5, 0.6) is 0 Å². The summed E-state index contributed by atoms with van der Waals surface area (Å²) in [5.74, 6) is 0. The molecular weight excluding hydrogens is 242 g/mol. The first kappa shape index (κ1) is 11.6. The summed E-state index contributed by atoms with van der Waals surface area (Å²) in [5.41, 5.74) is 2.94. The van der Waals surface area contributed by atoms with Crippen LogP contribution in [0.4, 0.5) is 5.69 Å². The molecule has 0 atom stereocenters. The molecule has 2 aromatic rings. The molecule has 1 nitrogen and oxygen atoms in total. The lowest BCUT2D eigenvalue weighted by Gasteiger charge is -2.17. The van der Waals surface area contributed by atoms with Gasteiger partial charge in [-0.25, -0.2) is 0 Å². The van der Waals surface area contributed by atoms with Crippen molar-refractivity contribution < 1.29 is 0 Å². The van der Waals surface area contributed by atoms with Gasteiger partial charge in [0.1, 0.15) is 0 Å². The van der Waals surface area contributed by atoms with E-state index >= 15 is 0 Å². The number of anilines is 1. The minimum atomic E-state index is 0.348. The van der Waals surface area contributed by atoms with Gasteiger partial charge >= 0.3 is 0 Å². The van der Waals surface area contributed by atoms with E-state index in [1.165, 1.54) is 18.4 Å². The van der Waals surface area contributed by atoms with Crippen LogP contribution in [0.3, 0.4) is 0 Å². The SMILES string of the molecule is Clc1ccc(NCC2(c3ccccc3)CC2)cc1. The zero-order chi connectivity index (χ0) is 12.4. The molecule has 18 heavy (non-hydrogen) atoms. The molecule has 1 fully saturated rings. The first-order valence-electron chi connectivity index (χ1n) is 6.34. The fraction of sp³-hybridized carbons (Fsp3) is 0.250. The molecule has 3 rings (SSSR count). The van der Waals surface area contributed by atoms with E-state index in [-0.39, 0.29) is 0 Å². The Morgan fingerprint density at radius 3 is 2.22 bits per heavy atom. The summed E-state index contributed by atoms with van der Waals surface area (Å²) < 4.78 is 0. The average Bonchev–Trinajstić information content (AvgIpc) is 3.20. The van der Waals surface area contributed by atoms with Gasteiger partial charge in [-0.3, -0.25) is 0 Å². The highest BCUT2D eigenvalue weighted by molar-refractivity contribution is 6.30. The summed E-state index contributed by atoms with van der Waals surface area (Å²) in [7, 11) is 0. The van der Waals surface area contributed by atoms with E-state index in [0.29, 0.717) is 5.41 Å². The van der Waals surface area contributed by atoms with Gasteiger partial charge in [-0.15, -0.1) is 0 Å². The topological polar surface area (TPSA) is 12.0 Å². The van der Waals surface area contributed by atoms with E-state index in [2.05, 4.69) is 35.6 Å². The molecule has 2 aromatic carbocycles. The van der Waals surface area contributed by atoms with Crippen LogP contribution < -0.4 is 5.32 Å². The third-order valence-corrected chi connectivity index (χ3v) is 3.97. The lowest BCUT2D eigenvalue weighted by Crippen LogP contribution is -2.19. The third-order valence-electron chi connectivity index (χ3n) is 3.71. The molecule has 0 amide bonds. The highest BCUT2D eigenvalue weighted by Crippen LogP contribution is 2.48. The number of rotatable bonds is 4. The zero-order valence-electron chi connectivity index (χ0n) is 10.2. The van der Waals surface area contributed by atoms with Crippen LogP contribution in [-0.4, -0.2) is 6.54 Å². The molecule has 0 aromatic heterocycles. The van der Waals surface area contributed by atoms with Crippen molar-refractivity contribution in [3.8, 4) is 0 Å². The maximum absolute atomic E-state index is 5.88. The van der Waals surface area contributed by atoms with E-state index < -0.39 is 0 Å². The summed E-state index contributed by atoms with van der Waals surface area (Å²) in [6.45, 7) is 0.999. The molecule has 1 aliphatic carbocycles. The number of benzene rings is 2. The molecule has 92 valence electrons. The van der Waals surface area contributed by atoms with Crippen molar-refractivity contribution >= 4 is 17.3 Å². The van der Waals surface area contributed by atoms with Gasteiger partial charge in [0, 0.05) is 22.7 Å². The van der Waals surface area contributed by atoms with E-state index in [9.17, 15) is 0 Å². The Morgan fingerprint density at radius 1 is 0.944 bits per heavy atom. The molecule has 0 spiro atoms. The summed E-state index contributed by atoms with van der Waals surface area (Å²) in [6, 6.07) is 18.7. The van der Waals surface area contributed by atoms with Gasteiger partial charge < -0.3 is 5.32 Å². The second kappa shape index (κ2) is 4.66. The van der Waals surface area contributed by atoms with Gasteiger partial charge in [0.15, 0.2) is 0 Å².